The second kappa shape index (κ2) is 13.8. The third-order valence-electron chi connectivity index (χ3n) is 6.35. The second-order valence-corrected chi connectivity index (χ2v) is 13.8. The monoisotopic (exact) mass is 662 g/mol. The van der Waals surface area contributed by atoms with Gasteiger partial charge in [-0.1, -0.05) is 31.4 Å². The Balaban J connectivity index is 1.44. The number of rotatable bonds is 10. The fraction of sp³-hybridized carbons (Fsp3) is 0.433. The molecule has 41 heavy (non-hydrogen) atoms. The predicted octanol–water partition coefficient (Wildman–Crippen LogP) is 7.42. The lowest BCUT2D eigenvalue weighted by Gasteiger charge is -2.22. The van der Waals surface area contributed by atoms with Crippen LogP contribution < -0.4 is 15.4 Å². The zero-order valence-electron chi connectivity index (χ0n) is 23.6. The number of thiophene rings is 2. The standard InChI is InChI=1S/C30H35BrN2O6S2/c1-30(2,3)39-23(34)17-38-25-24(31)26(41-27(25)29(36)37-4)18-9-8-12-20(15-18)32-16-21-13-14-22(40-21)28(35)33-19-10-6-5-7-11-19/h8-9,12-15,19,32H,5-7,10-11,16-17H2,1-4H3,(H,33,35). The van der Waals surface area contributed by atoms with E-state index in [4.69, 9.17) is 14.2 Å². The van der Waals surface area contributed by atoms with E-state index in [1.807, 2.05) is 36.4 Å². The molecule has 4 rings (SSSR count). The predicted molar refractivity (Wildman–Crippen MR) is 166 cm³/mol. The summed E-state index contributed by atoms with van der Waals surface area (Å²) in [5.74, 6) is -0.860. The first-order valence-corrected chi connectivity index (χ1v) is 16.0. The first-order valence-electron chi connectivity index (χ1n) is 13.5. The summed E-state index contributed by atoms with van der Waals surface area (Å²) in [6, 6.07) is 11.9. The third-order valence-corrected chi connectivity index (χ3v) is 9.65. The zero-order chi connectivity index (χ0) is 29.6. The molecule has 220 valence electrons. The van der Waals surface area contributed by atoms with Gasteiger partial charge < -0.3 is 24.8 Å². The molecule has 0 unspecified atom stereocenters. The van der Waals surface area contributed by atoms with Crippen LogP contribution >= 0.6 is 38.6 Å². The summed E-state index contributed by atoms with van der Waals surface area (Å²) < 4.78 is 16.6. The number of hydrogen-bond donors (Lipinski definition) is 2. The van der Waals surface area contributed by atoms with E-state index in [2.05, 4.69) is 26.6 Å². The molecule has 11 heteroatoms. The maximum Gasteiger partial charge on any atom is 0.351 e. The van der Waals surface area contributed by atoms with Gasteiger partial charge in [0.1, 0.15) is 5.60 Å². The largest absolute Gasteiger partial charge is 0.479 e. The number of nitrogens with one attached hydrogen (secondary N) is 2. The molecule has 2 N–H and O–H groups in total. The molecule has 3 aromatic rings. The molecule has 2 heterocycles. The molecule has 0 aliphatic heterocycles. The molecular formula is C30H35BrN2O6S2. The summed E-state index contributed by atoms with van der Waals surface area (Å²) >= 11 is 6.27. The van der Waals surface area contributed by atoms with Gasteiger partial charge in [0, 0.05) is 23.2 Å². The van der Waals surface area contributed by atoms with Crippen molar-refractivity contribution in [2.75, 3.05) is 19.0 Å². The van der Waals surface area contributed by atoms with Crippen molar-refractivity contribution < 1.29 is 28.6 Å². The quantitative estimate of drug-likeness (QED) is 0.218. The lowest BCUT2D eigenvalue weighted by Crippen LogP contribution is -2.35. The van der Waals surface area contributed by atoms with E-state index in [9.17, 15) is 14.4 Å². The smallest absolute Gasteiger partial charge is 0.351 e. The molecular weight excluding hydrogens is 628 g/mol. The molecule has 0 spiro atoms. The van der Waals surface area contributed by atoms with Crippen molar-refractivity contribution in [3.8, 4) is 16.2 Å². The maximum absolute atomic E-state index is 12.7. The van der Waals surface area contributed by atoms with Crippen molar-refractivity contribution in [3.63, 3.8) is 0 Å². The topological polar surface area (TPSA) is 103 Å². The second-order valence-electron chi connectivity index (χ2n) is 10.8. The van der Waals surface area contributed by atoms with Crippen LogP contribution in [0, 0.1) is 0 Å². The number of ether oxygens (including phenoxy) is 3. The van der Waals surface area contributed by atoms with Crippen LogP contribution in [0.15, 0.2) is 40.9 Å². The van der Waals surface area contributed by atoms with Crippen molar-refractivity contribution in [2.24, 2.45) is 0 Å². The molecule has 1 amide bonds. The minimum Gasteiger partial charge on any atom is -0.479 e. The maximum atomic E-state index is 12.7. The van der Waals surface area contributed by atoms with Crippen LogP contribution in [0.4, 0.5) is 5.69 Å². The van der Waals surface area contributed by atoms with E-state index in [0.717, 1.165) is 38.7 Å². The summed E-state index contributed by atoms with van der Waals surface area (Å²) in [7, 11) is 1.30. The Morgan fingerprint density at radius 2 is 1.80 bits per heavy atom. The molecule has 1 aromatic carbocycles. The highest BCUT2D eigenvalue weighted by Crippen LogP contribution is 2.46. The van der Waals surface area contributed by atoms with E-state index in [-0.39, 0.29) is 29.2 Å². The number of halogens is 1. The van der Waals surface area contributed by atoms with E-state index in [1.165, 1.54) is 49.0 Å². The summed E-state index contributed by atoms with van der Waals surface area (Å²) in [6.45, 7) is 5.54. The Morgan fingerprint density at radius 3 is 2.51 bits per heavy atom. The highest BCUT2D eigenvalue weighted by Gasteiger charge is 2.26. The van der Waals surface area contributed by atoms with Gasteiger partial charge in [0.15, 0.2) is 17.2 Å². The average molecular weight is 664 g/mol. The molecule has 0 radical (unpaired) electrons. The summed E-state index contributed by atoms with van der Waals surface area (Å²) in [5, 5.41) is 6.60. The van der Waals surface area contributed by atoms with Crippen LogP contribution in [-0.2, 0) is 20.8 Å². The Hall–Kier alpha value is -2.89. The minimum atomic E-state index is -0.651. The molecule has 8 nitrogen and oxygen atoms in total. The molecule has 1 aliphatic rings. The van der Waals surface area contributed by atoms with Gasteiger partial charge in [0.25, 0.3) is 5.91 Å². The van der Waals surface area contributed by atoms with Crippen LogP contribution in [0.1, 0.15) is 77.1 Å². The van der Waals surface area contributed by atoms with Crippen molar-refractivity contribution in [2.45, 2.75) is 71.1 Å². The normalized spacial score (nSPS) is 13.9. The van der Waals surface area contributed by atoms with E-state index in [0.29, 0.717) is 11.0 Å². The van der Waals surface area contributed by atoms with Gasteiger partial charge in [-0.2, -0.15) is 0 Å². The molecule has 0 bridgehead atoms. The summed E-state index contributed by atoms with van der Waals surface area (Å²) in [4.78, 5) is 40.2. The Morgan fingerprint density at radius 1 is 1.05 bits per heavy atom. The van der Waals surface area contributed by atoms with Gasteiger partial charge in [-0.3, -0.25) is 4.79 Å². The lowest BCUT2D eigenvalue weighted by molar-refractivity contribution is -0.157. The van der Waals surface area contributed by atoms with Crippen LogP contribution in [-0.4, -0.2) is 43.2 Å². The van der Waals surface area contributed by atoms with Gasteiger partial charge in [-0.05, 0) is 79.4 Å². The Bertz CT molecular complexity index is 1390. The highest BCUT2D eigenvalue weighted by molar-refractivity contribution is 9.10. The fourth-order valence-corrected chi connectivity index (χ4v) is 7.32. The zero-order valence-corrected chi connectivity index (χ0v) is 26.9. The Kier molecular flexibility index (Phi) is 10.5. The fourth-order valence-electron chi connectivity index (χ4n) is 4.50. The number of benzene rings is 1. The number of esters is 2. The van der Waals surface area contributed by atoms with Crippen LogP contribution in [0.25, 0.3) is 10.4 Å². The third kappa shape index (κ3) is 8.56. The molecule has 0 atom stereocenters. The minimum absolute atomic E-state index is 0.00351. The highest BCUT2D eigenvalue weighted by atomic mass is 79.9. The molecule has 1 aliphatic carbocycles. The number of amides is 1. The molecule has 0 saturated heterocycles. The average Bonchev–Trinajstić information content (AvgIpc) is 3.55. The van der Waals surface area contributed by atoms with Gasteiger partial charge >= 0.3 is 11.9 Å². The van der Waals surface area contributed by atoms with Crippen LogP contribution in [0.5, 0.6) is 5.75 Å². The van der Waals surface area contributed by atoms with E-state index >= 15 is 0 Å². The van der Waals surface area contributed by atoms with E-state index in [1.54, 1.807) is 20.8 Å². The number of methoxy groups -OCH3 is 1. The van der Waals surface area contributed by atoms with Crippen molar-refractivity contribution in [3.05, 3.63) is 55.5 Å². The van der Waals surface area contributed by atoms with Gasteiger partial charge in [-0.15, -0.1) is 22.7 Å². The molecule has 1 fully saturated rings. The van der Waals surface area contributed by atoms with Gasteiger partial charge in [0.05, 0.1) is 21.3 Å². The summed E-state index contributed by atoms with van der Waals surface area (Å²) in [6.07, 6.45) is 5.72. The first kappa shape index (κ1) is 31.1. The molecule has 2 aromatic heterocycles. The Labute approximate surface area is 256 Å². The van der Waals surface area contributed by atoms with Crippen molar-refractivity contribution in [1.29, 1.82) is 0 Å². The summed E-state index contributed by atoms with van der Waals surface area (Å²) in [5.41, 5.74) is 1.07. The molecule has 1 saturated carbocycles. The van der Waals surface area contributed by atoms with Crippen molar-refractivity contribution in [1.82, 2.24) is 5.32 Å². The van der Waals surface area contributed by atoms with Gasteiger partial charge in [0.2, 0.25) is 0 Å². The van der Waals surface area contributed by atoms with E-state index < -0.39 is 17.5 Å². The number of carbonyl (C=O) groups excluding carboxylic acids is 3. The number of anilines is 1. The number of hydrogen-bond acceptors (Lipinski definition) is 9. The SMILES string of the molecule is COC(=O)c1sc(-c2cccc(NCc3ccc(C(=O)NC4CCCCC4)s3)c2)c(Br)c1OCC(=O)OC(C)(C)C. The van der Waals surface area contributed by atoms with Gasteiger partial charge in [-0.25, -0.2) is 9.59 Å². The first-order chi connectivity index (χ1) is 19.5. The van der Waals surface area contributed by atoms with Crippen molar-refractivity contribution >= 4 is 62.1 Å². The lowest BCUT2D eigenvalue weighted by atomic mass is 9.95. The number of carbonyl (C=O) groups is 3. The van der Waals surface area contributed by atoms with Crippen LogP contribution in [0.2, 0.25) is 0 Å². The van der Waals surface area contributed by atoms with Crippen LogP contribution in [0.3, 0.4) is 0 Å².